The minimum absolute atomic E-state index is 0.244. The smallest absolute Gasteiger partial charge is 0.424 e. The largest absolute Gasteiger partial charge is 0.493 e. The lowest BCUT2D eigenvalue weighted by atomic mass is 10.1. The van der Waals surface area contributed by atoms with Gasteiger partial charge in [0.2, 0.25) is 5.88 Å². The van der Waals surface area contributed by atoms with E-state index in [9.17, 15) is 14.7 Å². The van der Waals surface area contributed by atoms with Crippen molar-refractivity contribution in [3.8, 4) is 11.6 Å². The molecule has 0 saturated carbocycles. The van der Waals surface area contributed by atoms with Crippen molar-refractivity contribution < 1.29 is 19.4 Å². The zero-order chi connectivity index (χ0) is 28.6. The fourth-order valence-electron chi connectivity index (χ4n) is 4.47. The topological polar surface area (TPSA) is 90.7 Å². The van der Waals surface area contributed by atoms with Crippen molar-refractivity contribution in [1.82, 2.24) is 9.55 Å². The third kappa shape index (κ3) is 10.5. The van der Waals surface area contributed by atoms with Gasteiger partial charge in [0, 0.05) is 24.7 Å². The molecule has 8 heteroatoms. The number of nitrogens with zero attached hydrogens (tertiary/aromatic N) is 2. The molecule has 0 aliphatic rings. The van der Waals surface area contributed by atoms with Gasteiger partial charge in [-0.25, -0.2) is 4.79 Å². The number of ether oxygens (including phenoxy) is 2. The van der Waals surface area contributed by atoms with Crippen LogP contribution >= 0.6 is 11.3 Å². The molecule has 0 saturated heterocycles. The Morgan fingerprint density at radius 2 is 1.52 bits per heavy atom. The van der Waals surface area contributed by atoms with E-state index in [0.29, 0.717) is 17.9 Å². The molecule has 3 aromatic rings. The van der Waals surface area contributed by atoms with Crippen LogP contribution in [0.4, 0.5) is 4.79 Å². The predicted molar refractivity (Wildman–Crippen MR) is 161 cm³/mol. The third-order valence-corrected chi connectivity index (χ3v) is 7.90. The van der Waals surface area contributed by atoms with Crippen molar-refractivity contribution in [1.29, 1.82) is 0 Å². The van der Waals surface area contributed by atoms with Gasteiger partial charge in [-0.2, -0.15) is 4.57 Å². The van der Waals surface area contributed by atoms with Gasteiger partial charge in [-0.3, -0.25) is 9.78 Å². The molecule has 3 rings (SSSR count). The number of unbranched alkanes of at least 4 members (excludes halogenated alkanes) is 9. The first-order valence-corrected chi connectivity index (χ1v) is 15.6. The molecule has 0 spiro atoms. The lowest BCUT2D eigenvalue weighted by molar-refractivity contribution is 0.142. The Morgan fingerprint density at radius 3 is 2.15 bits per heavy atom. The minimum Gasteiger partial charge on any atom is -0.493 e. The summed E-state index contributed by atoms with van der Waals surface area (Å²) in [4.78, 5) is 29.2. The van der Waals surface area contributed by atoms with E-state index in [2.05, 4.69) is 24.9 Å². The van der Waals surface area contributed by atoms with Crippen molar-refractivity contribution in [3.05, 3.63) is 74.0 Å². The van der Waals surface area contributed by atoms with Crippen LogP contribution in [0.3, 0.4) is 0 Å². The maximum atomic E-state index is 12.5. The number of hydrogen-bond acceptors (Lipinski definition) is 7. The second-order valence-corrected chi connectivity index (χ2v) is 11.2. The van der Waals surface area contributed by atoms with Crippen molar-refractivity contribution in [2.24, 2.45) is 0 Å². The maximum absolute atomic E-state index is 12.5. The lowest BCUT2D eigenvalue weighted by Gasteiger charge is -2.08. The Morgan fingerprint density at radius 1 is 0.875 bits per heavy atom. The molecule has 0 aliphatic heterocycles. The summed E-state index contributed by atoms with van der Waals surface area (Å²) in [7, 11) is 0. The molecule has 0 atom stereocenters. The second kappa shape index (κ2) is 17.5. The van der Waals surface area contributed by atoms with Crippen molar-refractivity contribution >= 4 is 17.4 Å². The molecule has 0 amide bonds. The Labute approximate surface area is 242 Å². The standard InChI is InChI=1S/C32H44N2O5S/c1-3-5-6-7-8-9-10-11-12-13-21-39-31(36)34-30(35)29(40-32(34)37)23-26-15-18-28(19-16-26)38-22-20-27-17-14-25(4-2)24-33-27/h14-19,24,35H,3-13,20-23H2,1-2H3. The van der Waals surface area contributed by atoms with Gasteiger partial charge in [-0.1, -0.05) is 101 Å². The van der Waals surface area contributed by atoms with Crippen LogP contribution < -0.4 is 9.61 Å². The van der Waals surface area contributed by atoms with Gasteiger partial charge in [0.1, 0.15) is 5.75 Å². The van der Waals surface area contributed by atoms with Crippen LogP contribution in [0.2, 0.25) is 0 Å². The van der Waals surface area contributed by atoms with Gasteiger partial charge < -0.3 is 14.6 Å². The molecule has 0 bridgehead atoms. The summed E-state index contributed by atoms with van der Waals surface area (Å²) in [6.07, 6.45) is 15.0. The number of pyridine rings is 1. The van der Waals surface area contributed by atoms with E-state index in [-0.39, 0.29) is 12.5 Å². The number of hydrogen-bond donors (Lipinski definition) is 1. The van der Waals surface area contributed by atoms with Crippen molar-refractivity contribution in [2.45, 2.75) is 97.3 Å². The number of carbonyl (C=O) groups is 1. The Bertz CT molecular complexity index is 1200. The molecule has 7 nitrogen and oxygen atoms in total. The Kier molecular flexibility index (Phi) is 13.8. The number of aromatic hydroxyl groups is 1. The van der Waals surface area contributed by atoms with Crippen molar-refractivity contribution in [3.63, 3.8) is 0 Å². The van der Waals surface area contributed by atoms with Crippen molar-refractivity contribution in [2.75, 3.05) is 13.2 Å². The molecular weight excluding hydrogens is 524 g/mol. The van der Waals surface area contributed by atoms with E-state index in [1.807, 2.05) is 36.5 Å². The molecule has 2 aromatic heterocycles. The van der Waals surface area contributed by atoms with E-state index in [1.54, 1.807) is 0 Å². The lowest BCUT2D eigenvalue weighted by Crippen LogP contribution is -2.23. The minimum atomic E-state index is -0.816. The summed E-state index contributed by atoms with van der Waals surface area (Å²) in [5.41, 5.74) is 3.10. The number of rotatable bonds is 18. The predicted octanol–water partition coefficient (Wildman–Crippen LogP) is 7.69. The summed E-state index contributed by atoms with van der Waals surface area (Å²) in [6, 6.07) is 11.6. The van der Waals surface area contributed by atoms with Gasteiger partial charge in [-0.15, -0.1) is 0 Å². The number of thiazole rings is 1. The molecule has 1 N–H and O–H groups in total. The first kappa shape index (κ1) is 31.4. The van der Waals surface area contributed by atoms with Gasteiger partial charge in [0.25, 0.3) is 0 Å². The number of aryl methyl sites for hydroxylation is 1. The summed E-state index contributed by atoms with van der Waals surface area (Å²) in [5.74, 6) is 0.393. The fourth-order valence-corrected chi connectivity index (χ4v) is 5.36. The van der Waals surface area contributed by atoms with Crippen LogP contribution in [-0.2, 0) is 24.0 Å². The van der Waals surface area contributed by atoms with E-state index in [1.165, 1.54) is 50.5 Å². The Hall–Kier alpha value is -3.13. The normalized spacial score (nSPS) is 11.1. The molecule has 0 fully saturated rings. The number of benzene rings is 1. The quantitative estimate of drug-likeness (QED) is 0.158. The van der Waals surface area contributed by atoms with Crippen LogP contribution in [0.15, 0.2) is 47.4 Å². The molecular formula is C32H44N2O5S. The highest BCUT2D eigenvalue weighted by atomic mass is 32.1. The van der Waals surface area contributed by atoms with Gasteiger partial charge in [0.05, 0.1) is 18.1 Å². The highest BCUT2D eigenvalue weighted by Gasteiger charge is 2.21. The average molecular weight is 569 g/mol. The highest BCUT2D eigenvalue weighted by molar-refractivity contribution is 7.09. The van der Waals surface area contributed by atoms with Gasteiger partial charge in [0.15, 0.2) is 0 Å². The Balaban J connectivity index is 1.38. The third-order valence-electron chi connectivity index (χ3n) is 6.97. The molecule has 218 valence electrons. The van der Waals surface area contributed by atoms with Crippen LogP contribution in [0.5, 0.6) is 11.6 Å². The maximum Gasteiger partial charge on any atom is 0.424 e. The highest BCUT2D eigenvalue weighted by Crippen LogP contribution is 2.25. The monoisotopic (exact) mass is 568 g/mol. The summed E-state index contributed by atoms with van der Waals surface area (Å²) in [5, 5.41) is 10.6. The summed E-state index contributed by atoms with van der Waals surface area (Å²) in [6.45, 7) is 5.10. The van der Waals surface area contributed by atoms with Crippen LogP contribution in [0, 0.1) is 0 Å². The summed E-state index contributed by atoms with van der Waals surface area (Å²) < 4.78 is 11.8. The molecule has 0 unspecified atom stereocenters. The zero-order valence-electron chi connectivity index (χ0n) is 24.0. The first-order chi connectivity index (χ1) is 19.5. The molecule has 40 heavy (non-hydrogen) atoms. The van der Waals surface area contributed by atoms with E-state index < -0.39 is 11.0 Å². The van der Waals surface area contributed by atoms with Crippen LogP contribution in [0.25, 0.3) is 0 Å². The average Bonchev–Trinajstić information content (AvgIpc) is 3.25. The molecule has 0 aliphatic carbocycles. The zero-order valence-corrected chi connectivity index (χ0v) is 24.8. The molecule has 1 aromatic carbocycles. The first-order valence-electron chi connectivity index (χ1n) is 14.8. The van der Waals surface area contributed by atoms with E-state index in [4.69, 9.17) is 9.47 Å². The molecule has 2 heterocycles. The van der Waals surface area contributed by atoms with Gasteiger partial charge in [-0.05, 0) is 42.2 Å². The van der Waals surface area contributed by atoms with E-state index in [0.717, 1.165) is 65.0 Å². The summed E-state index contributed by atoms with van der Waals surface area (Å²) >= 11 is 0.860. The van der Waals surface area contributed by atoms with Crippen LogP contribution in [0.1, 0.15) is 99.8 Å². The second-order valence-electron chi connectivity index (χ2n) is 10.2. The number of carbonyl (C=O) groups excluding carboxylic acids is 1. The fraction of sp³-hybridized carbons (Fsp3) is 0.531. The number of aromatic nitrogens is 2. The van der Waals surface area contributed by atoms with Crippen LogP contribution in [-0.4, -0.2) is 34.0 Å². The van der Waals surface area contributed by atoms with E-state index >= 15 is 0 Å². The molecule has 0 radical (unpaired) electrons. The SMILES string of the molecule is CCCCCCCCCCCCOC(=O)n1c(O)c(Cc2ccc(OCCc3ccc(CC)cn3)cc2)sc1=O. The van der Waals surface area contributed by atoms with Gasteiger partial charge >= 0.3 is 11.0 Å².